The molecular weight excluding hydrogens is 220 g/mol. The Morgan fingerprint density at radius 3 is 2.82 bits per heavy atom. The molecule has 0 radical (unpaired) electrons. The van der Waals surface area contributed by atoms with E-state index >= 15 is 0 Å². The van der Waals surface area contributed by atoms with E-state index in [0.717, 1.165) is 6.42 Å². The molecule has 1 heterocycles. The summed E-state index contributed by atoms with van der Waals surface area (Å²) in [7, 11) is 0. The van der Waals surface area contributed by atoms with Crippen molar-refractivity contribution in [1.82, 2.24) is 4.90 Å². The van der Waals surface area contributed by atoms with Crippen molar-refractivity contribution in [2.45, 2.75) is 51.4 Å². The Balaban J connectivity index is 2.60. The summed E-state index contributed by atoms with van der Waals surface area (Å²) in [5.74, 6) is 0.0502. The maximum absolute atomic E-state index is 12.0. The van der Waals surface area contributed by atoms with E-state index in [0.29, 0.717) is 19.5 Å². The molecule has 0 aromatic rings. The van der Waals surface area contributed by atoms with Crippen LogP contribution in [0.3, 0.4) is 0 Å². The lowest BCUT2D eigenvalue weighted by molar-refractivity contribution is -0.167. The van der Waals surface area contributed by atoms with Crippen LogP contribution in [0.1, 0.15) is 33.6 Å². The van der Waals surface area contributed by atoms with Crippen LogP contribution in [0.4, 0.5) is 0 Å². The van der Waals surface area contributed by atoms with Crippen LogP contribution in [0.25, 0.3) is 0 Å². The van der Waals surface area contributed by atoms with Crippen LogP contribution in [0.2, 0.25) is 0 Å². The number of rotatable bonds is 4. The van der Waals surface area contributed by atoms with E-state index in [1.165, 1.54) is 0 Å². The number of carbonyl (C=O) groups is 1. The minimum absolute atomic E-state index is 0.0502. The highest BCUT2D eigenvalue weighted by Gasteiger charge is 2.35. The van der Waals surface area contributed by atoms with Crippen LogP contribution in [-0.2, 0) is 9.53 Å². The predicted octanol–water partition coefficient (Wildman–Crippen LogP) is 0.112. The summed E-state index contributed by atoms with van der Waals surface area (Å²) in [6.07, 6.45) is 0.869. The highest BCUT2D eigenvalue weighted by atomic mass is 16.5. The van der Waals surface area contributed by atoms with Gasteiger partial charge < -0.3 is 20.5 Å². The normalized spacial score (nSPS) is 25.7. The zero-order valence-corrected chi connectivity index (χ0v) is 11.0. The van der Waals surface area contributed by atoms with Crippen molar-refractivity contribution in [3.63, 3.8) is 0 Å². The molecule has 100 valence electrons. The van der Waals surface area contributed by atoms with Gasteiger partial charge in [-0.15, -0.1) is 0 Å². The number of ether oxygens (including phenoxy) is 1. The van der Waals surface area contributed by atoms with Gasteiger partial charge >= 0.3 is 0 Å². The molecule has 3 N–H and O–H groups in total. The third-order valence-corrected chi connectivity index (χ3v) is 3.00. The zero-order valence-electron chi connectivity index (χ0n) is 11.0. The van der Waals surface area contributed by atoms with Gasteiger partial charge in [-0.3, -0.25) is 4.79 Å². The SMILES string of the molecule is CCC(N)CC(=O)N1CC(CO)OC(C)(C)C1. The van der Waals surface area contributed by atoms with Crippen molar-refractivity contribution in [3.8, 4) is 0 Å². The summed E-state index contributed by atoms with van der Waals surface area (Å²) < 4.78 is 5.66. The summed E-state index contributed by atoms with van der Waals surface area (Å²) in [5.41, 5.74) is 5.38. The van der Waals surface area contributed by atoms with Gasteiger partial charge in [-0.2, -0.15) is 0 Å². The fourth-order valence-electron chi connectivity index (χ4n) is 2.08. The molecule has 1 rings (SSSR count). The van der Waals surface area contributed by atoms with Crippen molar-refractivity contribution in [2.24, 2.45) is 5.73 Å². The smallest absolute Gasteiger partial charge is 0.224 e. The molecule has 17 heavy (non-hydrogen) atoms. The van der Waals surface area contributed by atoms with Gasteiger partial charge in [0.2, 0.25) is 5.91 Å². The van der Waals surface area contributed by atoms with Gasteiger partial charge in [0.05, 0.1) is 18.3 Å². The van der Waals surface area contributed by atoms with Crippen molar-refractivity contribution >= 4 is 5.91 Å². The number of hydrogen-bond acceptors (Lipinski definition) is 4. The molecular formula is C12H24N2O3. The average molecular weight is 244 g/mol. The molecule has 0 spiro atoms. The van der Waals surface area contributed by atoms with Crippen molar-refractivity contribution in [1.29, 1.82) is 0 Å². The number of aliphatic hydroxyl groups excluding tert-OH is 1. The van der Waals surface area contributed by atoms with Gasteiger partial charge in [0.15, 0.2) is 0 Å². The molecule has 0 bridgehead atoms. The quantitative estimate of drug-likeness (QED) is 0.736. The molecule has 5 nitrogen and oxygen atoms in total. The van der Waals surface area contributed by atoms with E-state index < -0.39 is 5.60 Å². The molecule has 2 unspecified atom stereocenters. The fourth-order valence-corrected chi connectivity index (χ4v) is 2.08. The first-order valence-corrected chi connectivity index (χ1v) is 6.20. The van der Waals surface area contributed by atoms with E-state index in [1.54, 1.807) is 4.90 Å². The second-order valence-electron chi connectivity index (χ2n) is 5.33. The summed E-state index contributed by atoms with van der Waals surface area (Å²) in [6.45, 7) is 6.77. The minimum Gasteiger partial charge on any atom is -0.394 e. The van der Waals surface area contributed by atoms with Crippen LogP contribution in [0.15, 0.2) is 0 Å². The van der Waals surface area contributed by atoms with Gasteiger partial charge in [0.1, 0.15) is 0 Å². The number of amides is 1. The molecule has 1 amide bonds. The fraction of sp³-hybridized carbons (Fsp3) is 0.917. The van der Waals surface area contributed by atoms with E-state index in [-0.39, 0.29) is 24.7 Å². The first-order valence-electron chi connectivity index (χ1n) is 6.20. The number of hydrogen-bond donors (Lipinski definition) is 2. The van der Waals surface area contributed by atoms with Gasteiger partial charge in [0, 0.05) is 25.6 Å². The number of nitrogens with zero attached hydrogens (tertiary/aromatic N) is 1. The lowest BCUT2D eigenvalue weighted by Crippen LogP contribution is -2.56. The molecule has 1 saturated heterocycles. The first kappa shape index (κ1) is 14.4. The summed E-state index contributed by atoms with van der Waals surface area (Å²) in [4.78, 5) is 13.8. The topological polar surface area (TPSA) is 75.8 Å². The van der Waals surface area contributed by atoms with Crippen molar-refractivity contribution in [3.05, 3.63) is 0 Å². The van der Waals surface area contributed by atoms with Crippen LogP contribution >= 0.6 is 0 Å². The van der Waals surface area contributed by atoms with Gasteiger partial charge in [-0.25, -0.2) is 0 Å². The number of morpholine rings is 1. The maximum Gasteiger partial charge on any atom is 0.224 e. The Labute approximate surface area is 103 Å². The predicted molar refractivity (Wildman–Crippen MR) is 65.5 cm³/mol. The minimum atomic E-state index is -0.405. The number of nitrogens with two attached hydrogens (primary N) is 1. The van der Waals surface area contributed by atoms with Crippen molar-refractivity contribution < 1.29 is 14.6 Å². The van der Waals surface area contributed by atoms with Crippen LogP contribution < -0.4 is 5.73 Å². The number of carbonyl (C=O) groups excluding carboxylic acids is 1. The maximum atomic E-state index is 12.0. The Bertz CT molecular complexity index is 268. The largest absolute Gasteiger partial charge is 0.394 e. The Hall–Kier alpha value is -0.650. The molecule has 1 aliphatic heterocycles. The monoisotopic (exact) mass is 244 g/mol. The molecule has 0 saturated carbocycles. The van der Waals surface area contributed by atoms with E-state index in [9.17, 15) is 4.79 Å². The van der Waals surface area contributed by atoms with Gasteiger partial charge in [-0.1, -0.05) is 6.92 Å². The first-order chi connectivity index (χ1) is 7.88. The molecule has 0 aromatic heterocycles. The second kappa shape index (κ2) is 5.80. The van der Waals surface area contributed by atoms with Gasteiger partial charge in [0.25, 0.3) is 0 Å². The van der Waals surface area contributed by atoms with Gasteiger partial charge in [-0.05, 0) is 20.3 Å². The lowest BCUT2D eigenvalue weighted by atomic mass is 10.0. The second-order valence-corrected chi connectivity index (χ2v) is 5.33. The molecule has 0 aliphatic carbocycles. The van der Waals surface area contributed by atoms with Crippen LogP contribution in [0, 0.1) is 0 Å². The van der Waals surface area contributed by atoms with Crippen molar-refractivity contribution in [2.75, 3.05) is 19.7 Å². The molecule has 0 aromatic carbocycles. The standard InChI is InChI=1S/C12H24N2O3/c1-4-9(13)5-11(16)14-6-10(7-15)17-12(2,3)8-14/h9-10,15H,4-8,13H2,1-3H3. The van der Waals surface area contributed by atoms with E-state index in [4.69, 9.17) is 15.6 Å². The van der Waals surface area contributed by atoms with E-state index in [1.807, 2.05) is 20.8 Å². The summed E-state index contributed by atoms with van der Waals surface area (Å²) >= 11 is 0. The highest BCUT2D eigenvalue weighted by molar-refractivity contribution is 5.77. The molecule has 1 fully saturated rings. The highest BCUT2D eigenvalue weighted by Crippen LogP contribution is 2.21. The summed E-state index contributed by atoms with van der Waals surface area (Å²) in [6, 6.07) is -0.0824. The van der Waals surface area contributed by atoms with E-state index in [2.05, 4.69) is 0 Å². The Kier molecular flexibility index (Phi) is 4.91. The molecule has 2 atom stereocenters. The van der Waals surface area contributed by atoms with Crippen LogP contribution in [0.5, 0.6) is 0 Å². The zero-order chi connectivity index (χ0) is 13.1. The van der Waals surface area contributed by atoms with Crippen LogP contribution in [-0.4, -0.2) is 53.4 Å². The third-order valence-electron chi connectivity index (χ3n) is 3.00. The Morgan fingerprint density at radius 2 is 2.29 bits per heavy atom. The molecule has 5 heteroatoms. The number of aliphatic hydroxyl groups is 1. The Morgan fingerprint density at radius 1 is 1.65 bits per heavy atom. The third kappa shape index (κ3) is 4.26. The summed E-state index contributed by atoms with van der Waals surface area (Å²) in [5, 5.41) is 9.16. The lowest BCUT2D eigenvalue weighted by Gasteiger charge is -2.42. The average Bonchev–Trinajstić information content (AvgIpc) is 2.26. The molecule has 1 aliphatic rings.